The number of aromatic nitrogens is 1. The Morgan fingerprint density at radius 1 is 1.19 bits per heavy atom. The van der Waals surface area contributed by atoms with Crippen LogP contribution in [0.15, 0.2) is 41.0 Å². The summed E-state index contributed by atoms with van der Waals surface area (Å²) in [5.41, 5.74) is 3.90. The van der Waals surface area contributed by atoms with E-state index in [1.54, 1.807) is 0 Å². The van der Waals surface area contributed by atoms with Gasteiger partial charge in [0.1, 0.15) is 5.82 Å². The Hall–Kier alpha value is -1.88. The molecule has 0 radical (unpaired) electrons. The van der Waals surface area contributed by atoms with Gasteiger partial charge in [-0.1, -0.05) is 24.3 Å². The van der Waals surface area contributed by atoms with Gasteiger partial charge in [0.25, 0.3) is 0 Å². The van der Waals surface area contributed by atoms with Crippen LogP contribution in [0.4, 0.5) is 5.82 Å². The summed E-state index contributed by atoms with van der Waals surface area (Å²) in [6, 6.07) is 10.6. The Morgan fingerprint density at radius 2 is 1.93 bits per heavy atom. The number of fused-ring (bicyclic) bond motifs is 1. The van der Waals surface area contributed by atoms with Crippen LogP contribution < -0.4 is 4.90 Å². The van der Waals surface area contributed by atoms with E-state index in [4.69, 9.17) is 0 Å². The number of piperidine rings is 1. The number of anilines is 1. The lowest BCUT2D eigenvalue weighted by Gasteiger charge is -2.35. The average molecular weight is 428 g/mol. The fraction of sp³-hybridized carbons (Fsp3) is 0.455. The average Bonchev–Trinajstić information content (AvgIpc) is 2.68. The maximum absolute atomic E-state index is 12.8. The van der Waals surface area contributed by atoms with Gasteiger partial charge >= 0.3 is 0 Å². The minimum Gasteiger partial charge on any atom is -0.356 e. The van der Waals surface area contributed by atoms with Crippen molar-refractivity contribution in [2.45, 2.75) is 39.2 Å². The molecule has 4 nitrogen and oxygen atoms in total. The first-order valence-electron chi connectivity index (χ1n) is 9.82. The first-order chi connectivity index (χ1) is 13.1. The smallest absolute Gasteiger partial charge is 0.223 e. The zero-order chi connectivity index (χ0) is 18.8. The Kier molecular flexibility index (Phi) is 5.48. The van der Waals surface area contributed by atoms with Crippen molar-refractivity contribution in [3.63, 3.8) is 0 Å². The van der Waals surface area contributed by atoms with E-state index >= 15 is 0 Å². The van der Waals surface area contributed by atoms with Gasteiger partial charge in [0.2, 0.25) is 5.91 Å². The number of carbonyl (C=O) groups is 1. The summed E-state index contributed by atoms with van der Waals surface area (Å²) in [6.07, 6.45) is 5.66. The molecule has 0 saturated carbocycles. The third kappa shape index (κ3) is 4.18. The van der Waals surface area contributed by atoms with E-state index < -0.39 is 0 Å². The highest BCUT2D eigenvalue weighted by atomic mass is 79.9. The molecule has 0 bridgehead atoms. The van der Waals surface area contributed by atoms with Crippen LogP contribution in [0.2, 0.25) is 0 Å². The van der Waals surface area contributed by atoms with Crippen LogP contribution in [0.1, 0.15) is 36.0 Å². The van der Waals surface area contributed by atoms with Crippen molar-refractivity contribution in [3.05, 3.63) is 57.7 Å². The summed E-state index contributed by atoms with van der Waals surface area (Å²) in [5.74, 6) is 1.89. The van der Waals surface area contributed by atoms with Gasteiger partial charge in [-0.25, -0.2) is 4.98 Å². The minimum atomic E-state index is 0.320. The fourth-order valence-corrected chi connectivity index (χ4v) is 4.74. The molecule has 1 fully saturated rings. The number of amides is 1. The molecule has 1 amide bonds. The maximum atomic E-state index is 12.8. The number of hydrogen-bond donors (Lipinski definition) is 0. The van der Waals surface area contributed by atoms with Crippen molar-refractivity contribution in [2.24, 2.45) is 5.92 Å². The molecule has 2 aliphatic heterocycles. The van der Waals surface area contributed by atoms with Crippen LogP contribution in [-0.2, 0) is 17.8 Å². The monoisotopic (exact) mass is 427 g/mol. The van der Waals surface area contributed by atoms with Crippen LogP contribution in [-0.4, -0.2) is 35.4 Å². The molecule has 142 valence electrons. The van der Waals surface area contributed by atoms with Crippen molar-refractivity contribution < 1.29 is 4.79 Å². The SMILES string of the molecule is Cc1cc(Br)cnc1N1CCC(CC(=O)N2CCc3ccccc3C2)CC1. The molecule has 0 unspecified atom stereocenters. The third-order valence-corrected chi connectivity index (χ3v) is 6.31. The molecule has 5 heteroatoms. The number of carbonyl (C=O) groups excluding carboxylic acids is 1. The van der Waals surface area contributed by atoms with Gasteiger partial charge in [-0.2, -0.15) is 0 Å². The molecule has 1 aromatic carbocycles. The molecule has 1 saturated heterocycles. The molecule has 0 aliphatic carbocycles. The molecule has 0 atom stereocenters. The second-order valence-corrected chi connectivity index (χ2v) is 8.68. The summed E-state index contributed by atoms with van der Waals surface area (Å²) in [6.45, 7) is 5.70. The molecule has 3 heterocycles. The molecule has 4 rings (SSSR count). The van der Waals surface area contributed by atoms with Crippen molar-refractivity contribution in [1.82, 2.24) is 9.88 Å². The van der Waals surface area contributed by atoms with Crippen LogP contribution in [0.25, 0.3) is 0 Å². The van der Waals surface area contributed by atoms with E-state index in [0.717, 1.165) is 55.7 Å². The molecule has 2 aromatic rings. The highest BCUT2D eigenvalue weighted by Gasteiger charge is 2.26. The Labute approximate surface area is 169 Å². The van der Waals surface area contributed by atoms with Crippen molar-refractivity contribution in [3.8, 4) is 0 Å². The number of rotatable bonds is 3. The maximum Gasteiger partial charge on any atom is 0.223 e. The van der Waals surface area contributed by atoms with Gasteiger partial charge in [0.05, 0.1) is 0 Å². The van der Waals surface area contributed by atoms with E-state index in [-0.39, 0.29) is 0 Å². The Balaban J connectivity index is 1.31. The van der Waals surface area contributed by atoms with E-state index in [0.29, 0.717) is 18.2 Å². The summed E-state index contributed by atoms with van der Waals surface area (Å²) < 4.78 is 1.02. The van der Waals surface area contributed by atoms with Crippen molar-refractivity contribution in [2.75, 3.05) is 24.5 Å². The Bertz CT molecular complexity index is 830. The molecule has 1 aromatic heterocycles. The van der Waals surface area contributed by atoms with Gasteiger partial charge in [0, 0.05) is 43.3 Å². The zero-order valence-corrected chi connectivity index (χ0v) is 17.4. The number of halogens is 1. The van der Waals surface area contributed by atoms with Crippen LogP contribution >= 0.6 is 15.9 Å². The first kappa shape index (κ1) is 18.5. The molecule has 0 spiro atoms. The number of benzene rings is 1. The second-order valence-electron chi connectivity index (χ2n) is 7.76. The number of aryl methyl sites for hydroxylation is 1. The van der Waals surface area contributed by atoms with Gasteiger partial charge < -0.3 is 9.80 Å². The summed E-state index contributed by atoms with van der Waals surface area (Å²) in [5, 5.41) is 0. The summed E-state index contributed by atoms with van der Waals surface area (Å²) in [4.78, 5) is 21.8. The van der Waals surface area contributed by atoms with Crippen LogP contribution in [0, 0.1) is 12.8 Å². The van der Waals surface area contributed by atoms with Crippen molar-refractivity contribution in [1.29, 1.82) is 0 Å². The lowest BCUT2D eigenvalue weighted by Crippen LogP contribution is -2.39. The lowest BCUT2D eigenvalue weighted by atomic mass is 9.92. The van der Waals surface area contributed by atoms with E-state index in [1.165, 1.54) is 16.7 Å². The predicted octanol–water partition coefficient (Wildman–Crippen LogP) is 4.34. The fourth-order valence-electron chi connectivity index (χ4n) is 4.30. The van der Waals surface area contributed by atoms with Gasteiger partial charge in [-0.05, 0) is 70.8 Å². The Morgan fingerprint density at radius 3 is 2.67 bits per heavy atom. The molecule has 2 aliphatic rings. The highest BCUT2D eigenvalue weighted by molar-refractivity contribution is 9.10. The van der Waals surface area contributed by atoms with Gasteiger partial charge in [-0.15, -0.1) is 0 Å². The lowest BCUT2D eigenvalue weighted by molar-refractivity contribution is -0.133. The second kappa shape index (κ2) is 8.01. The first-order valence-corrected chi connectivity index (χ1v) is 10.6. The number of hydrogen-bond acceptors (Lipinski definition) is 3. The molecular weight excluding hydrogens is 402 g/mol. The van der Waals surface area contributed by atoms with Crippen LogP contribution in [0.5, 0.6) is 0 Å². The third-order valence-electron chi connectivity index (χ3n) is 5.88. The number of pyridine rings is 1. The van der Waals surface area contributed by atoms with Crippen molar-refractivity contribution >= 4 is 27.7 Å². The van der Waals surface area contributed by atoms with Gasteiger partial charge in [-0.3, -0.25) is 4.79 Å². The normalized spacial score (nSPS) is 17.7. The molecule has 0 N–H and O–H groups in total. The number of nitrogens with zero attached hydrogens (tertiary/aromatic N) is 3. The van der Waals surface area contributed by atoms with E-state index in [1.807, 2.05) is 6.20 Å². The van der Waals surface area contributed by atoms with E-state index in [9.17, 15) is 4.79 Å². The minimum absolute atomic E-state index is 0.320. The predicted molar refractivity (Wildman–Crippen MR) is 112 cm³/mol. The summed E-state index contributed by atoms with van der Waals surface area (Å²) >= 11 is 3.48. The molecular formula is C22H26BrN3O. The van der Waals surface area contributed by atoms with Gasteiger partial charge in [0.15, 0.2) is 0 Å². The quantitative estimate of drug-likeness (QED) is 0.730. The molecule has 27 heavy (non-hydrogen) atoms. The van der Waals surface area contributed by atoms with Crippen LogP contribution in [0.3, 0.4) is 0 Å². The highest BCUT2D eigenvalue weighted by Crippen LogP contribution is 2.28. The zero-order valence-electron chi connectivity index (χ0n) is 15.8. The largest absolute Gasteiger partial charge is 0.356 e. The topological polar surface area (TPSA) is 36.4 Å². The summed E-state index contributed by atoms with van der Waals surface area (Å²) in [7, 11) is 0. The van der Waals surface area contributed by atoms with E-state index in [2.05, 4.69) is 68.0 Å². The standard InChI is InChI=1S/C22H26BrN3O/c1-16-12-20(23)14-24-22(16)25-9-6-17(7-10-25)13-21(27)26-11-8-18-4-2-3-5-19(18)15-26/h2-5,12,14,17H,6-11,13,15H2,1H3.